The Morgan fingerprint density at radius 3 is 2.81 bits per heavy atom. The molecular formula is C21H22F2N6O2. The van der Waals surface area contributed by atoms with Crippen LogP contribution in [-0.4, -0.2) is 70.9 Å². The topological polar surface area (TPSA) is 75.0 Å². The van der Waals surface area contributed by atoms with Gasteiger partial charge in [0.2, 0.25) is 5.78 Å². The van der Waals surface area contributed by atoms with E-state index in [1.54, 1.807) is 12.3 Å². The van der Waals surface area contributed by atoms with Gasteiger partial charge in [-0.05, 0) is 30.7 Å². The SMILES string of the molecule is O=C(Nc1ccc(F)c(-c2ccn3c(N4CCOCC4)cnc3n2)c1)N1CC[C@H](F)C1. The molecule has 10 heteroatoms. The fourth-order valence-corrected chi connectivity index (χ4v) is 3.94. The van der Waals surface area contributed by atoms with E-state index in [-0.39, 0.29) is 12.1 Å². The number of aromatic nitrogens is 3. The monoisotopic (exact) mass is 428 g/mol. The van der Waals surface area contributed by atoms with Crippen LogP contribution in [-0.2, 0) is 4.74 Å². The number of likely N-dealkylation sites (tertiary alicyclic amines) is 1. The summed E-state index contributed by atoms with van der Waals surface area (Å²) in [4.78, 5) is 24.8. The van der Waals surface area contributed by atoms with Crippen molar-refractivity contribution in [3.8, 4) is 11.3 Å². The second kappa shape index (κ2) is 8.10. The van der Waals surface area contributed by atoms with E-state index in [1.807, 2.05) is 10.6 Å². The van der Waals surface area contributed by atoms with Crippen molar-refractivity contribution >= 4 is 23.3 Å². The summed E-state index contributed by atoms with van der Waals surface area (Å²) in [6.45, 7) is 3.30. The predicted octanol–water partition coefficient (Wildman–Crippen LogP) is 2.95. The zero-order valence-corrected chi connectivity index (χ0v) is 16.8. The molecule has 31 heavy (non-hydrogen) atoms. The van der Waals surface area contributed by atoms with E-state index in [4.69, 9.17) is 4.74 Å². The minimum absolute atomic E-state index is 0.0729. The summed E-state index contributed by atoms with van der Waals surface area (Å²) < 4.78 is 35.2. The third-order valence-electron chi connectivity index (χ3n) is 5.61. The second-order valence-electron chi connectivity index (χ2n) is 7.66. The van der Waals surface area contributed by atoms with Crippen LogP contribution in [0.25, 0.3) is 17.0 Å². The number of carbonyl (C=O) groups excluding carboxylic acids is 1. The molecule has 2 aromatic heterocycles. The molecule has 5 rings (SSSR count). The summed E-state index contributed by atoms with van der Waals surface area (Å²) in [5, 5.41) is 2.71. The predicted molar refractivity (Wildman–Crippen MR) is 112 cm³/mol. The molecule has 1 aromatic carbocycles. The molecule has 0 radical (unpaired) electrons. The van der Waals surface area contributed by atoms with E-state index >= 15 is 0 Å². The Morgan fingerprint density at radius 2 is 2.03 bits per heavy atom. The maximum atomic E-state index is 14.6. The molecule has 0 saturated carbocycles. The average Bonchev–Trinajstić information content (AvgIpc) is 3.41. The molecule has 2 fully saturated rings. The number of nitrogens with zero attached hydrogens (tertiary/aromatic N) is 5. The number of rotatable bonds is 3. The van der Waals surface area contributed by atoms with Crippen LogP contribution in [0.1, 0.15) is 6.42 Å². The van der Waals surface area contributed by atoms with Gasteiger partial charge < -0.3 is 19.9 Å². The second-order valence-corrected chi connectivity index (χ2v) is 7.66. The molecule has 4 heterocycles. The fraction of sp³-hybridized carbons (Fsp3) is 0.381. The molecule has 1 atom stereocenters. The number of amides is 2. The number of alkyl halides is 1. The van der Waals surface area contributed by atoms with Crippen LogP contribution in [0, 0.1) is 5.82 Å². The third-order valence-corrected chi connectivity index (χ3v) is 5.61. The van der Waals surface area contributed by atoms with Crippen LogP contribution in [0.2, 0.25) is 0 Å². The van der Waals surface area contributed by atoms with E-state index in [1.165, 1.54) is 23.1 Å². The molecule has 2 aliphatic rings. The highest BCUT2D eigenvalue weighted by molar-refractivity contribution is 5.90. The van der Waals surface area contributed by atoms with Crippen LogP contribution in [0.4, 0.5) is 25.1 Å². The first-order valence-corrected chi connectivity index (χ1v) is 10.3. The van der Waals surface area contributed by atoms with Gasteiger partial charge in [-0.2, -0.15) is 0 Å². The summed E-state index contributed by atoms with van der Waals surface area (Å²) in [6.07, 6.45) is 2.90. The van der Waals surface area contributed by atoms with E-state index in [2.05, 4.69) is 20.2 Å². The van der Waals surface area contributed by atoms with Gasteiger partial charge in [0.1, 0.15) is 17.8 Å². The molecule has 2 saturated heterocycles. The lowest BCUT2D eigenvalue weighted by molar-refractivity contribution is 0.122. The minimum atomic E-state index is -0.998. The molecule has 162 valence electrons. The number of morpholine rings is 1. The highest BCUT2D eigenvalue weighted by Gasteiger charge is 2.26. The number of fused-ring (bicyclic) bond motifs is 1. The molecule has 0 spiro atoms. The van der Waals surface area contributed by atoms with Crippen LogP contribution in [0.15, 0.2) is 36.7 Å². The van der Waals surface area contributed by atoms with Crippen LogP contribution >= 0.6 is 0 Å². The summed E-state index contributed by atoms with van der Waals surface area (Å²) in [5.41, 5.74) is 1.08. The lowest BCUT2D eigenvalue weighted by atomic mass is 10.1. The van der Waals surface area contributed by atoms with Crippen molar-refractivity contribution in [2.24, 2.45) is 0 Å². The molecule has 2 aliphatic heterocycles. The van der Waals surface area contributed by atoms with Gasteiger partial charge in [-0.1, -0.05) is 0 Å². The van der Waals surface area contributed by atoms with Gasteiger partial charge in [-0.15, -0.1) is 0 Å². The standard InChI is InChI=1S/C21H22F2N6O2/c22-14-3-5-28(13-14)21(30)25-15-1-2-17(23)16(11-15)18-4-6-29-19(12-24-20(29)26-18)27-7-9-31-10-8-27/h1-2,4,6,11-12,14H,3,5,7-10,13H2,(H,25,30)/t14-/m0/s1. The van der Waals surface area contributed by atoms with Gasteiger partial charge in [-0.3, -0.25) is 4.40 Å². The summed E-state index contributed by atoms with van der Waals surface area (Å²) >= 11 is 0. The van der Waals surface area contributed by atoms with Crippen molar-refractivity contribution in [3.05, 3.63) is 42.5 Å². The molecule has 0 unspecified atom stereocenters. The minimum Gasteiger partial charge on any atom is -0.378 e. The Balaban J connectivity index is 1.40. The van der Waals surface area contributed by atoms with Gasteiger partial charge in [0.05, 0.1) is 31.6 Å². The normalized spacial score (nSPS) is 19.2. The van der Waals surface area contributed by atoms with E-state index in [0.29, 0.717) is 43.3 Å². The third kappa shape index (κ3) is 3.90. The van der Waals surface area contributed by atoms with Gasteiger partial charge >= 0.3 is 6.03 Å². The largest absolute Gasteiger partial charge is 0.378 e. The first-order chi connectivity index (χ1) is 15.1. The van der Waals surface area contributed by atoms with Gasteiger partial charge in [0, 0.05) is 37.1 Å². The Morgan fingerprint density at radius 1 is 1.19 bits per heavy atom. The number of ether oxygens (including phenoxy) is 1. The summed E-state index contributed by atoms with van der Waals surface area (Å²) in [7, 11) is 0. The maximum absolute atomic E-state index is 14.6. The van der Waals surface area contributed by atoms with E-state index in [0.717, 1.165) is 18.9 Å². The molecular weight excluding hydrogens is 406 g/mol. The molecule has 2 amide bonds. The number of benzene rings is 1. The zero-order valence-electron chi connectivity index (χ0n) is 16.8. The number of halogens is 2. The highest BCUT2D eigenvalue weighted by atomic mass is 19.1. The first kappa shape index (κ1) is 19.7. The number of hydrogen-bond acceptors (Lipinski definition) is 5. The zero-order chi connectivity index (χ0) is 21.4. The Kier molecular flexibility index (Phi) is 5.14. The maximum Gasteiger partial charge on any atom is 0.321 e. The number of hydrogen-bond donors (Lipinski definition) is 1. The lowest BCUT2D eigenvalue weighted by Gasteiger charge is -2.27. The number of imidazole rings is 1. The van der Waals surface area contributed by atoms with Crippen LogP contribution in [0.3, 0.4) is 0 Å². The van der Waals surface area contributed by atoms with Crippen molar-refractivity contribution in [2.75, 3.05) is 49.6 Å². The summed E-state index contributed by atoms with van der Waals surface area (Å²) in [5.74, 6) is 0.911. The van der Waals surface area contributed by atoms with Crippen LogP contribution in [0.5, 0.6) is 0 Å². The molecule has 0 aliphatic carbocycles. The number of nitrogens with one attached hydrogen (secondary N) is 1. The van der Waals surface area contributed by atoms with Crippen molar-refractivity contribution in [1.82, 2.24) is 19.3 Å². The summed E-state index contributed by atoms with van der Waals surface area (Å²) in [6, 6.07) is 5.61. The van der Waals surface area contributed by atoms with E-state index < -0.39 is 18.0 Å². The van der Waals surface area contributed by atoms with Crippen molar-refractivity contribution in [2.45, 2.75) is 12.6 Å². The average molecular weight is 428 g/mol. The van der Waals surface area contributed by atoms with Gasteiger partial charge in [-0.25, -0.2) is 23.5 Å². The van der Waals surface area contributed by atoms with Gasteiger partial charge in [0.25, 0.3) is 0 Å². The Bertz CT molecular complexity index is 1110. The highest BCUT2D eigenvalue weighted by Crippen LogP contribution is 2.27. The van der Waals surface area contributed by atoms with E-state index in [9.17, 15) is 13.6 Å². The molecule has 0 bridgehead atoms. The van der Waals surface area contributed by atoms with Crippen molar-refractivity contribution < 1.29 is 18.3 Å². The lowest BCUT2D eigenvalue weighted by Crippen LogP contribution is -2.36. The Hall–Kier alpha value is -3.27. The van der Waals surface area contributed by atoms with Crippen molar-refractivity contribution in [3.63, 3.8) is 0 Å². The molecule has 3 aromatic rings. The first-order valence-electron chi connectivity index (χ1n) is 10.3. The van der Waals surface area contributed by atoms with Crippen molar-refractivity contribution in [1.29, 1.82) is 0 Å². The number of carbonyl (C=O) groups is 1. The molecule has 8 nitrogen and oxygen atoms in total. The number of urea groups is 1. The van der Waals surface area contributed by atoms with Gasteiger partial charge in [0.15, 0.2) is 0 Å². The fourth-order valence-electron chi connectivity index (χ4n) is 3.94. The Labute approximate surface area is 177 Å². The van der Waals surface area contributed by atoms with Crippen LogP contribution < -0.4 is 10.2 Å². The smallest absolute Gasteiger partial charge is 0.321 e. The molecule has 1 N–H and O–H groups in total. The number of anilines is 2. The quantitative estimate of drug-likeness (QED) is 0.694.